The van der Waals surface area contributed by atoms with E-state index in [-0.39, 0.29) is 6.04 Å². The van der Waals surface area contributed by atoms with E-state index >= 15 is 0 Å². The molecule has 0 amide bonds. The van der Waals surface area contributed by atoms with Crippen molar-refractivity contribution < 1.29 is 0 Å². The highest BCUT2D eigenvalue weighted by atomic mass is 35.5. The summed E-state index contributed by atoms with van der Waals surface area (Å²) in [6.07, 6.45) is 2.27. The van der Waals surface area contributed by atoms with Crippen LogP contribution in [0.2, 0.25) is 5.02 Å². The fourth-order valence-corrected chi connectivity index (χ4v) is 3.05. The minimum absolute atomic E-state index is 0.251. The molecular weight excluding hydrogens is 232 g/mol. The molecule has 0 saturated carbocycles. The largest absolute Gasteiger partial charge is 0.326 e. The third kappa shape index (κ3) is 2.65. The number of likely N-dealkylation sites (tertiary alicyclic amines) is 1. The summed E-state index contributed by atoms with van der Waals surface area (Å²) < 4.78 is 0. The fraction of sp³-hybridized carbons (Fsp3) is 0.571. The summed E-state index contributed by atoms with van der Waals surface area (Å²) in [5.41, 5.74) is 8.86. The average Bonchev–Trinajstić information content (AvgIpc) is 2.62. The number of nitrogens with zero attached hydrogens (tertiary/aromatic N) is 1. The van der Waals surface area contributed by atoms with Gasteiger partial charge < -0.3 is 5.73 Å². The second-order valence-corrected chi connectivity index (χ2v) is 5.37. The van der Waals surface area contributed by atoms with Crippen LogP contribution in [0.4, 0.5) is 0 Å². The van der Waals surface area contributed by atoms with Crippen molar-refractivity contribution in [2.75, 3.05) is 13.1 Å². The first-order chi connectivity index (χ1) is 8.13. The van der Waals surface area contributed by atoms with Gasteiger partial charge in [0.15, 0.2) is 0 Å². The first-order valence-corrected chi connectivity index (χ1v) is 6.77. The van der Waals surface area contributed by atoms with Gasteiger partial charge in [-0.2, -0.15) is 0 Å². The molecule has 1 aromatic rings. The molecule has 0 bridgehead atoms. The predicted octanol–water partition coefficient (Wildman–Crippen LogP) is 3.13. The molecule has 1 saturated heterocycles. The van der Waals surface area contributed by atoms with Crippen molar-refractivity contribution in [3.63, 3.8) is 0 Å². The Labute approximate surface area is 109 Å². The van der Waals surface area contributed by atoms with E-state index < -0.39 is 0 Å². The van der Waals surface area contributed by atoms with Gasteiger partial charge in [-0.1, -0.05) is 24.6 Å². The Morgan fingerprint density at radius 1 is 1.47 bits per heavy atom. The molecule has 0 spiro atoms. The Kier molecular flexibility index (Phi) is 4.08. The number of benzene rings is 1. The van der Waals surface area contributed by atoms with E-state index in [0.29, 0.717) is 6.04 Å². The maximum atomic E-state index is 6.26. The molecule has 1 heterocycles. The Morgan fingerprint density at radius 3 is 2.88 bits per heavy atom. The summed E-state index contributed by atoms with van der Waals surface area (Å²) in [5.74, 6) is 0. The molecule has 2 N–H and O–H groups in total. The van der Waals surface area contributed by atoms with Crippen LogP contribution in [0.5, 0.6) is 0 Å². The van der Waals surface area contributed by atoms with E-state index in [2.05, 4.69) is 24.8 Å². The van der Waals surface area contributed by atoms with Crippen molar-refractivity contribution in [1.29, 1.82) is 0 Å². The quantitative estimate of drug-likeness (QED) is 0.896. The van der Waals surface area contributed by atoms with Crippen molar-refractivity contribution in [2.45, 2.75) is 38.8 Å². The number of hydrogen-bond acceptors (Lipinski definition) is 2. The minimum atomic E-state index is 0.251. The lowest BCUT2D eigenvalue weighted by atomic mass is 9.96. The molecule has 0 aromatic heterocycles. The van der Waals surface area contributed by atoms with E-state index in [1.54, 1.807) is 0 Å². The molecule has 1 fully saturated rings. The standard InChI is InChI=1S/C14H21ClN2/c1-3-7-17-8-6-13(16)14(17)12-5-4-11(15)9-10(12)2/h4-5,9,13-14H,3,6-8,16H2,1-2H3. The number of hydrogen-bond donors (Lipinski definition) is 1. The van der Waals surface area contributed by atoms with E-state index in [0.717, 1.165) is 24.5 Å². The molecule has 94 valence electrons. The lowest BCUT2D eigenvalue weighted by Crippen LogP contribution is -2.32. The number of rotatable bonds is 3. The van der Waals surface area contributed by atoms with Crippen LogP contribution >= 0.6 is 11.6 Å². The third-order valence-corrected chi connectivity index (χ3v) is 3.84. The smallest absolute Gasteiger partial charge is 0.0502 e. The van der Waals surface area contributed by atoms with E-state index in [1.165, 1.54) is 17.5 Å². The molecule has 2 unspecified atom stereocenters. The van der Waals surface area contributed by atoms with Gasteiger partial charge in [-0.15, -0.1) is 0 Å². The lowest BCUT2D eigenvalue weighted by Gasteiger charge is -2.28. The molecule has 2 rings (SSSR count). The molecular formula is C14H21ClN2. The maximum absolute atomic E-state index is 6.26. The average molecular weight is 253 g/mol. The normalized spacial score (nSPS) is 25.4. The van der Waals surface area contributed by atoms with Crippen LogP contribution in [0, 0.1) is 6.92 Å². The van der Waals surface area contributed by atoms with Gasteiger partial charge >= 0.3 is 0 Å². The van der Waals surface area contributed by atoms with Crippen LogP contribution in [0.25, 0.3) is 0 Å². The molecule has 1 aliphatic heterocycles. The topological polar surface area (TPSA) is 29.3 Å². The van der Waals surface area contributed by atoms with Crippen LogP contribution in [-0.2, 0) is 0 Å². The molecule has 2 nitrogen and oxygen atoms in total. The van der Waals surface area contributed by atoms with Gasteiger partial charge in [0, 0.05) is 17.6 Å². The van der Waals surface area contributed by atoms with Crippen LogP contribution < -0.4 is 5.73 Å². The minimum Gasteiger partial charge on any atom is -0.326 e. The van der Waals surface area contributed by atoms with Gasteiger partial charge in [-0.25, -0.2) is 0 Å². The Bertz CT molecular complexity index is 390. The highest BCUT2D eigenvalue weighted by Crippen LogP contribution is 2.33. The molecule has 17 heavy (non-hydrogen) atoms. The van der Waals surface area contributed by atoms with Gasteiger partial charge in [0.25, 0.3) is 0 Å². The van der Waals surface area contributed by atoms with Crippen LogP contribution in [0.15, 0.2) is 18.2 Å². The van der Waals surface area contributed by atoms with E-state index in [1.807, 2.05) is 12.1 Å². The first-order valence-electron chi connectivity index (χ1n) is 6.39. The van der Waals surface area contributed by atoms with Crippen molar-refractivity contribution in [3.05, 3.63) is 34.3 Å². The summed E-state index contributed by atoms with van der Waals surface area (Å²) in [6.45, 7) is 6.58. The van der Waals surface area contributed by atoms with Crippen LogP contribution in [0.3, 0.4) is 0 Å². The van der Waals surface area contributed by atoms with Gasteiger partial charge in [-0.05, 0) is 49.6 Å². The lowest BCUT2D eigenvalue weighted by molar-refractivity contribution is 0.247. The molecule has 0 aliphatic carbocycles. The second-order valence-electron chi connectivity index (χ2n) is 4.93. The van der Waals surface area contributed by atoms with Crippen molar-refractivity contribution in [2.24, 2.45) is 5.73 Å². The number of aryl methyl sites for hydroxylation is 1. The highest BCUT2D eigenvalue weighted by molar-refractivity contribution is 6.30. The Hall–Kier alpha value is -0.570. The summed E-state index contributed by atoms with van der Waals surface area (Å²) in [6, 6.07) is 6.76. The maximum Gasteiger partial charge on any atom is 0.0502 e. The summed E-state index contributed by atoms with van der Waals surface area (Å²) in [4.78, 5) is 2.50. The Balaban J connectivity index is 2.29. The second kappa shape index (κ2) is 5.38. The van der Waals surface area contributed by atoms with Crippen molar-refractivity contribution in [1.82, 2.24) is 4.90 Å². The van der Waals surface area contributed by atoms with E-state index in [4.69, 9.17) is 17.3 Å². The van der Waals surface area contributed by atoms with Crippen LogP contribution in [-0.4, -0.2) is 24.0 Å². The summed E-state index contributed by atoms with van der Waals surface area (Å²) in [7, 11) is 0. The monoisotopic (exact) mass is 252 g/mol. The van der Waals surface area contributed by atoms with Gasteiger partial charge in [0.1, 0.15) is 0 Å². The van der Waals surface area contributed by atoms with E-state index in [9.17, 15) is 0 Å². The predicted molar refractivity (Wildman–Crippen MR) is 73.4 cm³/mol. The summed E-state index contributed by atoms with van der Waals surface area (Å²) >= 11 is 6.01. The number of halogens is 1. The van der Waals surface area contributed by atoms with Crippen molar-refractivity contribution >= 4 is 11.6 Å². The zero-order chi connectivity index (χ0) is 12.4. The zero-order valence-electron chi connectivity index (χ0n) is 10.6. The molecule has 1 aliphatic rings. The van der Waals surface area contributed by atoms with Gasteiger partial charge in [0.05, 0.1) is 6.04 Å². The van der Waals surface area contributed by atoms with Gasteiger partial charge in [0.2, 0.25) is 0 Å². The van der Waals surface area contributed by atoms with Gasteiger partial charge in [-0.3, -0.25) is 4.90 Å². The Morgan fingerprint density at radius 2 is 2.24 bits per heavy atom. The fourth-order valence-electron chi connectivity index (χ4n) is 2.82. The zero-order valence-corrected chi connectivity index (χ0v) is 11.4. The third-order valence-electron chi connectivity index (χ3n) is 3.61. The van der Waals surface area contributed by atoms with Crippen molar-refractivity contribution in [3.8, 4) is 0 Å². The van der Waals surface area contributed by atoms with Crippen LogP contribution in [0.1, 0.15) is 36.9 Å². The molecule has 2 atom stereocenters. The molecule has 1 aromatic carbocycles. The first kappa shape index (κ1) is 12.9. The summed E-state index contributed by atoms with van der Waals surface area (Å²) in [5, 5.41) is 0.805. The number of nitrogens with two attached hydrogens (primary N) is 1. The molecule has 3 heteroatoms. The highest BCUT2D eigenvalue weighted by Gasteiger charge is 2.32. The SMILES string of the molecule is CCCN1CCC(N)C1c1ccc(Cl)cc1C. The molecule has 0 radical (unpaired) electrons.